The Morgan fingerprint density at radius 2 is 0.408 bits per heavy atom. The molecule has 0 unspecified atom stereocenters. The van der Waals surface area contributed by atoms with Gasteiger partial charge in [0.05, 0.1) is 0 Å². The van der Waals surface area contributed by atoms with E-state index in [0.29, 0.717) is 0 Å². The molecule has 76 heavy (non-hydrogen) atoms. The Hall–Kier alpha value is -5.72. The Morgan fingerprint density at radius 3 is 0.632 bits per heavy atom. The van der Waals surface area contributed by atoms with Crippen LogP contribution < -0.4 is 0 Å². The first-order valence-corrected chi connectivity index (χ1v) is 28.3. The van der Waals surface area contributed by atoms with E-state index in [1.807, 2.05) is 0 Å². The molecule has 0 aliphatic rings. The first-order chi connectivity index (χ1) is 34.8. The molecule has 0 aliphatic heterocycles. The molecule has 0 heterocycles. The van der Waals surface area contributed by atoms with Gasteiger partial charge in [-0.3, -0.25) is 0 Å². The second kappa shape index (κ2) is 21.6. The largest absolute Gasteiger partial charge is 0.0616 e. The van der Waals surface area contributed by atoms with E-state index in [1.54, 1.807) is 0 Å². The van der Waals surface area contributed by atoms with Crippen LogP contribution in [-0.2, 0) is 43.3 Å². The molecule has 0 amide bonds. The summed E-state index contributed by atoms with van der Waals surface area (Å²) in [5.41, 5.74) is 12.9. The van der Waals surface area contributed by atoms with Gasteiger partial charge in [-0.2, -0.15) is 0 Å². The summed E-state index contributed by atoms with van der Waals surface area (Å²) < 4.78 is 0. The quantitative estimate of drug-likeness (QED) is 0.133. The van der Waals surface area contributed by atoms with Gasteiger partial charge in [0.1, 0.15) is 0 Å². The minimum Gasteiger partial charge on any atom is -0.0616 e. The Bertz CT molecular complexity index is 3170. The second-order valence-corrected chi connectivity index (χ2v) is 30.1. The molecule has 0 atom stereocenters. The fourth-order valence-electron chi connectivity index (χ4n) is 10.7. The fourth-order valence-corrected chi connectivity index (χ4v) is 10.7. The van der Waals surface area contributed by atoms with E-state index < -0.39 is 0 Å². The third-order valence-corrected chi connectivity index (χ3v) is 15.1. The number of benzene rings is 9. The summed E-state index contributed by atoms with van der Waals surface area (Å²) in [6, 6.07) is 58.6. The maximum atomic E-state index is 2.34. The number of hydrogen-bond acceptors (Lipinski definition) is 0. The van der Waals surface area contributed by atoms with Gasteiger partial charge in [0.15, 0.2) is 0 Å². The van der Waals surface area contributed by atoms with Crippen LogP contribution in [0, 0.1) is 0 Å². The third kappa shape index (κ3) is 14.1. The number of hydrogen-bond donors (Lipinski definition) is 0. The summed E-state index contributed by atoms with van der Waals surface area (Å²) in [5, 5.41) is 13.8. The van der Waals surface area contributed by atoms with E-state index in [1.165, 1.54) is 98.4 Å². The minimum absolute atomic E-state index is 0.121. The molecule has 0 heteroatoms. The van der Waals surface area contributed by atoms with Gasteiger partial charge >= 0.3 is 0 Å². The van der Waals surface area contributed by atoms with Crippen LogP contribution in [0.2, 0.25) is 0 Å². The van der Waals surface area contributed by atoms with Crippen LogP contribution in [0.5, 0.6) is 0 Å². The summed E-state index contributed by atoms with van der Waals surface area (Å²) in [6.45, 7) is 54.8. The molecular weight excluding hydrogens is 913 g/mol. The van der Waals surface area contributed by atoms with E-state index in [2.05, 4.69) is 324 Å². The lowest BCUT2D eigenvalue weighted by Crippen LogP contribution is -2.17. The average molecular weight is 1010 g/mol. The molecule has 9 aromatic carbocycles. The number of rotatable bonds is 0. The van der Waals surface area contributed by atoms with Crippen molar-refractivity contribution in [1.29, 1.82) is 0 Å². The molecule has 0 aromatic heterocycles. The molecule has 0 bridgehead atoms. The summed E-state index contributed by atoms with van der Waals surface area (Å²) in [4.78, 5) is 0. The van der Waals surface area contributed by atoms with Gasteiger partial charge in [-0.1, -0.05) is 324 Å². The molecule has 9 aromatic rings. The van der Waals surface area contributed by atoms with Crippen LogP contribution in [0.15, 0.2) is 158 Å². The predicted molar refractivity (Wildman–Crippen MR) is 343 cm³/mol. The summed E-state index contributed by atoms with van der Waals surface area (Å²) in [6.07, 6.45) is 0. The molecule has 0 saturated heterocycles. The van der Waals surface area contributed by atoms with E-state index in [9.17, 15) is 0 Å². The second-order valence-electron chi connectivity index (χ2n) is 30.1. The van der Waals surface area contributed by atoms with Crippen molar-refractivity contribution >= 4 is 53.9 Å². The lowest BCUT2D eigenvalue weighted by molar-refractivity contribution is 0.585. The monoisotopic (exact) mass is 1010 g/mol. The molecular formula is C76H98. The van der Waals surface area contributed by atoms with Crippen molar-refractivity contribution in [3.05, 3.63) is 202 Å². The van der Waals surface area contributed by atoms with Crippen LogP contribution in [0.3, 0.4) is 0 Å². The van der Waals surface area contributed by atoms with Crippen molar-refractivity contribution < 1.29 is 0 Å². The van der Waals surface area contributed by atoms with Crippen LogP contribution in [0.25, 0.3) is 53.9 Å². The van der Waals surface area contributed by atoms with Gasteiger partial charge in [0.2, 0.25) is 0 Å². The van der Waals surface area contributed by atoms with Gasteiger partial charge in [-0.15, -0.1) is 0 Å². The lowest BCUT2D eigenvalue weighted by atomic mass is 9.74. The Labute approximate surface area is 463 Å². The molecule has 402 valence electrons. The van der Waals surface area contributed by atoms with Gasteiger partial charge < -0.3 is 0 Å². The summed E-state index contributed by atoms with van der Waals surface area (Å²) >= 11 is 0. The fraction of sp³-hybridized carbons (Fsp3) is 0.421. The zero-order valence-corrected chi connectivity index (χ0v) is 52.0. The van der Waals surface area contributed by atoms with Crippen LogP contribution in [-0.4, -0.2) is 0 Å². The first-order valence-electron chi connectivity index (χ1n) is 28.3. The van der Waals surface area contributed by atoms with E-state index in [4.69, 9.17) is 0 Å². The molecule has 0 radical (unpaired) electrons. The molecule has 0 aliphatic carbocycles. The predicted octanol–water partition coefficient (Wildman–Crippen LogP) is 22.9. The molecule has 0 spiro atoms. The van der Waals surface area contributed by atoms with E-state index in [-0.39, 0.29) is 43.3 Å². The van der Waals surface area contributed by atoms with Gasteiger partial charge in [0.25, 0.3) is 0 Å². The maximum Gasteiger partial charge on any atom is -0.0120 e. The Kier molecular flexibility index (Phi) is 16.9. The van der Waals surface area contributed by atoms with Crippen molar-refractivity contribution in [3.8, 4) is 0 Å². The lowest BCUT2D eigenvalue weighted by Gasteiger charge is -2.30. The highest BCUT2D eigenvalue weighted by Gasteiger charge is 2.27. The Balaban J connectivity index is 0.000000165. The topological polar surface area (TPSA) is 0 Å². The summed E-state index contributed by atoms with van der Waals surface area (Å²) in [7, 11) is 0. The van der Waals surface area contributed by atoms with Gasteiger partial charge in [-0.05, 0) is 142 Å². The smallest absolute Gasteiger partial charge is 0.0120 e. The molecule has 9 rings (SSSR count). The average Bonchev–Trinajstić information content (AvgIpc) is 3.30. The maximum absolute atomic E-state index is 2.34. The Morgan fingerprint density at radius 1 is 0.184 bits per heavy atom. The van der Waals surface area contributed by atoms with Crippen LogP contribution in [0.4, 0.5) is 0 Å². The highest BCUT2D eigenvalue weighted by atomic mass is 14.3. The standard InChI is InChI=1S/C22H26.3C18H24/c1-21(2,3)19-15-11-7-9-13-17(15)20(22(4,5)6)18-14-10-8-12-16(18)19;1-17(2,3)15-9-7-14-12-16(18(4,5)6)10-8-13(14)11-15;1-17(2,3)15-9-7-13-8-10-16(18(4,5)6)12-14(13)11-15;1-17(2,3)15-11-12-16(18(4,5)6)14-10-8-7-9-13(14)15/h7-14H,1-6H3;3*7-12H,1-6H3. The van der Waals surface area contributed by atoms with Crippen molar-refractivity contribution in [3.63, 3.8) is 0 Å². The van der Waals surface area contributed by atoms with Crippen LogP contribution in [0.1, 0.15) is 211 Å². The third-order valence-electron chi connectivity index (χ3n) is 15.1. The highest BCUT2D eigenvalue weighted by Crippen LogP contribution is 2.44. The molecule has 0 nitrogen and oxygen atoms in total. The number of fused-ring (bicyclic) bond motifs is 5. The van der Waals surface area contributed by atoms with Crippen molar-refractivity contribution in [2.24, 2.45) is 0 Å². The van der Waals surface area contributed by atoms with Gasteiger partial charge in [-0.25, -0.2) is 0 Å². The van der Waals surface area contributed by atoms with E-state index in [0.717, 1.165) is 0 Å². The van der Waals surface area contributed by atoms with Crippen LogP contribution >= 0.6 is 0 Å². The van der Waals surface area contributed by atoms with Crippen molar-refractivity contribution in [2.75, 3.05) is 0 Å². The normalized spacial score (nSPS) is 13.0. The van der Waals surface area contributed by atoms with E-state index >= 15 is 0 Å². The molecule has 0 N–H and O–H groups in total. The zero-order valence-electron chi connectivity index (χ0n) is 52.0. The molecule has 0 fully saturated rings. The first kappa shape index (κ1) is 59.5. The zero-order chi connectivity index (χ0) is 56.8. The minimum atomic E-state index is 0.121. The van der Waals surface area contributed by atoms with Crippen molar-refractivity contribution in [1.82, 2.24) is 0 Å². The summed E-state index contributed by atoms with van der Waals surface area (Å²) in [5.74, 6) is 0. The highest BCUT2D eigenvalue weighted by molar-refractivity contribution is 6.07. The van der Waals surface area contributed by atoms with Gasteiger partial charge in [0, 0.05) is 0 Å². The molecule has 0 saturated carbocycles. The SMILES string of the molecule is CC(C)(C)c1c2ccccc2c(C(C)(C)C)c2ccccc12.CC(C)(C)c1ccc(C(C)(C)C)c2ccccc12.CC(C)(C)c1ccc2cc(C(C)(C)C)ccc2c1.CC(C)(C)c1ccc2ccc(C(C)(C)C)cc2c1. The van der Waals surface area contributed by atoms with Crippen molar-refractivity contribution in [2.45, 2.75) is 209 Å².